The Morgan fingerprint density at radius 3 is 2.40 bits per heavy atom. The Hall–Kier alpha value is -3.04. The number of carbonyl (C=O) groups is 1. The minimum atomic E-state index is -3.62. The summed E-state index contributed by atoms with van der Waals surface area (Å²) in [6.07, 6.45) is 0.512. The number of aryl methyl sites for hydroxylation is 1. The lowest BCUT2D eigenvalue weighted by Crippen LogP contribution is -2.38. The van der Waals surface area contributed by atoms with E-state index in [2.05, 4.69) is 10.2 Å². The van der Waals surface area contributed by atoms with Gasteiger partial charge in [0.15, 0.2) is 5.69 Å². The fourth-order valence-corrected chi connectivity index (χ4v) is 5.09. The number of amides is 1. The Balaban J connectivity index is 1.56. The van der Waals surface area contributed by atoms with Gasteiger partial charge in [-0.25, -0.2) is 13.5 Å². The van der Waals surface area contributed by atoms with Crippen LogP contribution in [0.5, 0.6) is 0 Å². The van der Waals surface area contributed by atoms with Crippen LogP contribution in [0.4, 0.5) is 0 Å². The molecule has 0 atom stereocenters. The van der Waals surface area contributed by atoms with Crippen molar-refractivity contribution >= 4 is 26.7 Å². The van der Waals surface area contributed by atoms with Gasteiger partial charge in [0, 0.05) is 31.6 Å². The average molecular weight is 426 g/mol. The molecule has 0 aliphatic carbocycles. The van der Waals surface area contributed by atoms with Crippen molar-refractivity contribution in [3.8, 4) is 0 Å². The van der Waals surface area contributed by atoms with Gasteiger partial charge < -0.3 is 4.90 Å². The van der Waals surface area contributed by atoms with Crippen LogP contribution in [0.1, 0.15) is 22.5 Å². The molecular formula is C21H22N4O4S. The van der Waals surface area contributed by atoms with Crippen molar-refractivity contribution in [1.29, 1.82) is 0 Å². The number of rotatable bonds is 3. The number of nitrogens with zero attached hydrogens (tertiary/aromatic N) is 3. The number of nitrogens with one attached hydrogen (secondary N) is 1. The summed E-state index contributed by atoms with van der Waals surface area (Å²) in [5, 5.41) is 7.24. The maximum atomic E-state index is 13.1. The highest BCUT2D eigenvalue weighted by molar-refractivity contribution is 7.89. The molecule has 8 nitrogen and oxygen atoms in total. The van der Waals surface area contributed by atoms with Crippen LogP contribution < -0.4 is 5.56 Å². The minimum absolute atomic E-state index is 0.167. The predicted octanol–water partition coefficient (Wildman–Crippen LogP) is 1.77. The third kappa shape index (κ3) is 3.73. The van der Waals surface area contributed by atoms with Crippen molar-refractivity contribution in [1.82, 2.24) is 19.4 Å². The lowest BCUT2D eigenvalue weighted by Gasteiger charge is -2.22. The molecule has 30 heavy (non-hydrogen) atoms. The zero-order chi connectivity index (χ0) is 21.3. The molecular weight excluding hydrogens is 404 g/mol. The summed E-state index contributed by atoms with van der Waals surface area (Å²) < 4.78 is 27.4. The van der Waals surface area contributed by atoms with Crippen molar-refractivity contribution in [2.24, 2.45) is 0 Å². The second-order valence-corrected chi connectivity index (χ2v) is 9.25. The number of fused-ring (bicyclic) bond motifs is 1. The molecule has 1 aliphatic rings. The topological polar surface area (TPSA) is 103 Å². The summed E-state index contributed by atoms with van der Waals surface area (Å²) in [6.45, 7) is 3.09. The van der Waals surface area contributed by atoms with E-state index >= 15 is 0 Å². The van der Waals surface area contributed by atoms with Crippen LogP contribution in [0.2, 0.25) is 0 Å². The summed E-state index contributed by atoms with van der Waals surface area (Å²) in [5.74, 6) is -0.322. The molecule has 3 aromatic rings. The fraction of sp³-hybridized carbons (Fsp3) is 0.286. The third-order valence-electron chi connectivity index (χ3n) is 5.30. The largest absolute Gasteiger partial charge is 0.336 e. The van der Waals surface area contributed by atoms with Crippen molar-refractivity contribution in [3.05, 3.63) is 70.1 Å². The van der Waals surface area contributed by atoms with Crippen LogP contribution in [0.15, 0.2) is 58.2 Å². The van der Waals surface area contributed by atoms with Crippen molar-refractivity contribution in [3.63, 3.8) is 0 Å². The first-order valence-electron chi connectivity index (χ1n) is 9.71. The lowest BCUT2D eigenvalue weighted by atomic mass is 10.1. The fourth-order valence-electron chi connectivity index (χ4n) is 3.62. The Bertz CT molecular complexity index is 1250. The van der Waals surface area contributed by atoms with E-state index in [-0.39, 0.29) is 35.1 Å². The Morgan fingerprint density at radius 1 is 0.967 bits per heavy atom. The minimum Gasteiger partial charge on any atom is -0.336 e. The Kier molecular flexibility index (Phi) is 5.40. The normalized spacial score (nSPS) is 15.8. The van der Waals surface area contributed by atoms with Gasteiger partial charge in [0.2, 0.25) is 10.0 Å². The summed E-state index contributed by atoms with van der Waals surface area (Å²) in [4.78, 5) is 26.9. The van der Waals surface area contributed by atoms with Gasteiger partial charge in [-0.15, -0.1) is 0 Å². The quantitative estimate of drug-likeness (QED) is 0.687. The number of aromatic amines is 1. The summed E-state index contributed by atoms with van der Waals surface area (Å²) in [5.41, 5.74) is 0.802. The zero-order valence-electron chi connectivity index (χ0n) is 16.5. The van der Waals surface area contributed by atoms with Crippen molar-refractivity contribution < 1.29 is 13.2 Å². The van der Waals surface area contributed by atoms with E-state index in [9.17, 15) is 18.0 Å². The molecule has 0 spiro atoms. The highest BCUT2D eigenvalue weighted by Crippen LogP contribution is 2.20. The molecule has 2 aromatic carbocycles. The Labute approximate surface area is 174 Å². The number of carbonyl (C=O) groups excluding carboxylic acids is 1. The smallest absolute Gasteiger partial charge is 0.274 e. The molecule has 2 heterocycles. The average Bonchev–Trinajstić information content (AvgIpc) is 3.01. The SMILES string of the molecule is Cc1ccc(S(=O)(=O)N2CCCN(C(=O)c3n[nH]c(=O)c4ccccc34)CC2)cc1. The molecule has 1 fully saturated rings. The summed E-state index contributed by atoms with van der Waals surface area (Å²) >= 11 is 0. The van der Waals surface area contributed by atoms with Crippen molar-refractivity contribution in [2.75, 3.05) is 26.2 Å². The molecule has 1 saturated heterocycles. The lowest BCUT2D eigenvalue weighted by molar-refractivity contribution is 0.0759. The van der Waals surface area contributed by atoms with Crippen LogP contribution in [-0.2, 0) is 10.0 Å². The maximum Gasteiger partial charge on any atom is 0.274 e. The van der Waals surface area contributed by atoms with Gasteiger partial charge in [-0.05, 0) is 31.5 Å². The van der Waals surface area contributed by atoms with E-state index in [1.807, 2.05) is 6.92 Å². The van der Waals surface area contributed by atoms with Crippen LogP contribution in [-0.4, -0.2) is 59.9 Å². The number of H-pyrrole nitrogens is 1. The second-order valence-electron chi connectivity index (χ2n) is 7.31. The van der Waals surface area contributed by atoms with Gasteiger partial charge in [0.05, 0.1) is 10.3 Å². The third-order valence-corrected chi connectivity index (χ3v) is 7.21. The number of benzene rings is 2. The monoisotopic (exact) mass is 426 g/mol. The first-order valence-corrected chi connectivity index (χ1v) is 11.2. The van der Waals surface area contributed by atoms with Crippen LogP contribution >= 0.6 is 0 Å². The molecule has 0 bridgehead atoms. The second kappa shape index (κ2) is 8.00. The Morgan fingerprint density at radius 2 is 1.67 bits per heavy atom. The first kappa shape index (κ1) is 20.2. The van der Waals surface area contributed by atoms with Crippen molar-refractivity contribution in [2.45, 2.75) is 18.2 Å². The zero-order valence-corrected chi connectivity index (χ0v) is 17.4. The molecule has 9 heteroatoms. The van der Waals surface area contributed by atoms with E-state index in [0.29, 0.717) is 30.3 Å². The van der Waals surface area contributed by atoms with Gasteiger partial charge in [-0.1, -0.05) is 35.9 Å². The molecule has 0 radical (unpaired) electrons. The molecule has 1 aromatic heterocycles. The van der Waals surface area contributed by atoms with E-state index in [4.69, 9.17) is 0 Å². The van der Waals surface area contributed by atoms with Gasteiger partial charge in [-0.3, -0.25) is 9.59 Å². The van der Waals surface area contributed by atoms with E-state index < -0.39 is 10.0 Å². The number of hydrogen-bond acceptors (Lipinski definition) is 5. The highest BCUT2D eigenvalue weighted by atomic mass is 32.2. The summed E-state index contributed by atoms with van der Waals surface area (Å²) in [7, 11) is -3.62. The van der Waals surface area contributed by atoms with E-state index in [1.54, 1.807) is 53.4 Å². The number of aromatic nitrogens is 2. The molecule has 1 amide bonds. The first-order chi connectivity index (χ1) is 14.4. The highest BCUT2D eigenvalue weighted by Gasteiger charge is 2.29. The van der Waals surface area contributed by atoms with Gasteiger partial charge >= 0.3 is 0 Å². The standard InChI is InChI=1S/C21H22N4O4S/c1-15-7-9-16(10-8-15)30(28,29)25-12-4-11-24(13-14-25)21(27)19-17-5-2-3-6-18(17)20(26)23-22-19/h2-3,5-10H,4,11-14H2,1H3,(H,23,26). The molecule has 0 saturated carbocycles. The molecule has 1 aliphatic heterocycles. The van der Waals surface area contributed by atoms with Crippen LogP contribution in [0.25, 0.3) is 10.8 Å². The molecule has 156 valence electrons. The predicted molar refractivity (Wildman–Crippen MR) is 113 cm³/mol. The molecule has 4 rings (SSSR count). The number of sulfonamides is 1. The summed E-state index contributed by atoms with van der Waals surface area (Å²) in [6, 6.07) is 13.6. The van der Waals surface area contributed by atoms with E-state index in [0.717, 1.165) is 5.56 Å². The molecule has 1 N–H and O–H groups in total. The van der Waals surface area contributed by atoms with Gasteiger partial charge in [0.1, 0.15) is 0 Å². The van der Waals surface area contributed by atoms with Gasteiger partial charge in [0.25, 0.3) is 11.5 Å². The van der Waals surface area contributed by atoms with Crippen LogP contribution in [0.3, 0.4) is 0 Å². The van der Waals surface area contributed by atoms with Gasteiger partial charge in [-0.2, -0.15) is 9.40 Å². The van der Waals surface area contributed by atoms with Crippen LogP contribution in [0, 0.1) is 6.92 Å². The maximum absolute atomic E-state index is 13.1. The molecule has 0 unspecified atom stereocenters. The van der Waals surface area contributed by atoms with E-state index in [1.165, 1.54) is 4.31 Å². The number of hydrogen-bond donors (Lipinski definition) is 1.